The summed E-state index contributed by atoms with van der Waals surface area (Å²) in [4.78, 5) is 50.9. The Labute approximate surface area is 187 Å². The second-order valence-electron chi connectivity index (χ2n) is 7.01. The highest BCUT2D eigenvalue weighted by atomic mass is 19.1. The van der Waals surface area contributed by atoms with Gasteiger partial charge >= 0.3 is 5.97 Å². The van der Waals surface area contributed by atoms with Gasteiger partial charge in [0.1, 0.15) is 11.6 Å². The summed E-state index contributed by atoms with van der Waals surface area (Å²) in [5.74, 6) is -2.71. The van der Waals surface area contributed by atoms with E-state index in [1.54, 1.807) is 24.3 Å². The van der Waals surface area contributed by atoms with Gasteiger partial charge in [-0.05, 0) is 54.6 Å². The van der Waals surface area contributed by atoms with Crippen molar-refractivity contribution in [3.8, 4) is 5.75 Å². The van der Waals surface area contributed by atoms with Gasteiger partial charge in [-0.2, -0.15) is 0 Å². The van der Waals surface area contributed by atoms with Gasteiger partial charge in [0.05, 0.1) is 35.2 Å². The third kappa shape index (κ3) is 4.29. The maximum absolute atomic E-state index is 13.2. The monoisotopic (exact) mass is 448 g/mol. The number of carbonyl (C=O) groups is 4. The average molecular weight is 448 g/mol. The Bertz CT molecular complexity index is 1270. The van der Waals surface area contributed by atoms with Crippen LogP contribution >= 0.6 is 0 Å². The SMILES string of the molecule is COc1ccccc1NC(=O)COC(=O)c1ccc2c(c1)C(=O)N(c1ccc(F)cc1)C2=O. The van der Waals surface area contributed by atoms with E-state index in [9.17, 15) is 23.6 Å². The number of nitrogens with zero attached hydrogens (tertiary/aromatic N) is 1. The lowest BCUT2D eigenvalue weighted by atomic mass is 10.1. The number of amides is 3. The number of carbonyl (C=O) groups excluding carboxylic acids is 4. The van der Waals surface area contributed by atoms with Crippen LogP contribution in [0.3, 0.4) is 0 Å². The van der Waals surface area contributed by atoms with E-state index in [4.69, 9.17) is 9.47 Å². The summed E-state index contributed by atoms with van der Waals surface area (Å²) in [5, 5.41) is 2.58. The fourth-order valence-corrected chi connectivity index (χ4v) is 3.34. The summed E-state index contributed by atoms with van der Waals surface area (Å²) in [5.41, 5.74) is 0.747. The quantitative estimate of drug-likeness (QED) is 0.458. The highest BCUT2D eigenvalue weighted by molar-refractivity contribution is 6.34. The van der Waals surface area contributed by atoms with Crippen LogP contribution in [0, 0.1) is 5.82 Å². The van der Waals surface area contributed by atoms with Crippen molar-refractivity contribution in [3.63, 3.8) is 0 Å². The minimum Gasteiger partial charge on any atom is -0.495 e. The Hall–Kier alpha value is -4.53. The molecule has 3 aromatic carbocycles. The molecule has 9 heteroatoms. The zero-order valence-corrected chi connectivity index (χ0v) is 17.3. The second kappa shape index (κ2) is 8.91. The molecule has 0 saturated carbocycles. The Balaban J connectivity index is 1.45. The van der Waals surface area contributed by atoms with Gasteiger partial charge in [-0.25, -0.2) is 14.1 Å². The van der Waals surface area contributed by atoms with Crippen LogP contribution in [0.1, 0.15) is 31.1 Å². The molecule has 0 aliphatic carbocycles. The number of para-hydroxylation sites is 2. The molecule has 0 aromatic heterocycles. The molecule has 0 atom stereocenters. The number of rotatable bonds is 6. The van der Waals surface area contributed by atoms with Crippen LogP contribution in [0.5, 0.6) is 5.75 Å². The zero-order valence-electron chi connectivity index (χ0n) is 17.3. The molecule has 0 fully saturated rings. The Kier molecular flexibility index (Phi) is 5.86. The van der Waals surface area contributed by atoms with E-state index in [0.717, 1.165) is 17.0 Å². The average Bonchev–Trinajstić information content (AvgIpc) is 3.08. The number of hydrogen-bond donors (Lipinski definition) is 1. The first-order valence-electron chi connectivity index (χ1n) is 9.77. The van der Waals surface area contributed by atoms with Crippen molar-refractivity contribution >= 4 is 35.1 Å². The van der Waals surface area contributed by atoms with Crippen LogP contribution in [0.15, 0.2) is 66.7 Å². The van der Waals surface area contributed by atoms with Crippen LogP contribution in [0.4, 0.5) is 15.8 Å². The summed E-state index contributed by atoms with van der Waals surface area (Å²) >= 11 is 0. The van der Waals surface area contributed by atoms with Crippen LogP contribution in [0.2, 0.25) is 0 Å². The molecule has 0 bridgehead atoms. The Morgan fingerprint density at radius 1 is 0.939 bits per heavy atom. The van der Waals surface area contributed by atoms with E-state index >= 15 is 0 Å². The van der Waals surface area contributed by atoms with E-state index in [1.165, 1.54) is 37.4 Å². The molecule has 0 radical (unpaired) electrons. The third-order valence-corrected chi connectivity index (χ3v) is 4.92. The fraction of sp³-hybridized carbons (Fsp3) is 0.0833. The minimum absolute atomic E-state index is 0.000878. The minimum atomic E-state index is -0.839. The van der Waals surface area contributed by atoms with Gasteiger partial charge < -0.3 is 14.8 Å². The lowest BCUT2D eigenvalue weighted by Crippen LogP contribution is -2.29. The van der Waals surface area contributed by atoms with Crippen molar-refractivity contribution in [1.82, 2.24) is 0 Å². The largest absolute Gasteiger partial charge is 0.495 e. The maximum atomic E-state index is 13.2. The third-order valence-electron chi connectivity index (χ3n) is 4.92. The molecule has 4 rings (SSSR count). The number of nitrogens with one attached hydrogen (secondary N) is 1. The van der Waals surface area contributed by atoms with E-state index in [1.807, 2.05) is 0 Å². The predicted molar refractivity (Wildman–Crippen MR) is 116 cm³/mol. The number of esters is 1. The van der Waals surface area contributed by atoms with Crippen molar-refractivity contribution in [1.29, 1.82) is 0 Å². The molecule has 3 amide bonds. The van der Waals surface area contributed by atoms with Gasteiger partial charge in [0.15, 0.2) is 6.61 Å². The summed E-state index contributed by atoms with van der Waals surface area (Å²) in [6.45, 7) is -0.567. The highest BCUT2D eigenvalue weighted by Gasteiger charge is 2.37. The van der Waals surface area contributed by atoms with E-state index in [-0.39, 0.29) is 22.4 Å². The van der Waals surface area contributed by atoms with Gasteiger partial charge in [-0.1, -0.05) is 12.1 Å². The molecule has 3 aromatic rings. The summed E-state index contributed by atoms with van der Waals surface area (Å²) < 4.78 is 23.4. The standard InChI is InChI=1S/C24H17FN2O6/c1-32-20-5-3-2-4-19(20)26-21(28)13-33-24(31)14-6-11-17-18(12-14)23(30)27(22(17)29)16-9-7-15(25)8-10-16/h2-12H,13H2,1H3,(H,26,28). The van der Waals surface area contributed by atoms with Crippen molar-refractivity contribution in [2.24, 2.45) is 0 Å². The van der Waals surface area contributed by atoms with Crippen LogP contribution in [0.25, 0.3) is 0 Å². The van der Waals surface area contributed by atoms with E-state index < -0.39 is 36.1 Å². The van der Waals surface area contributed by atoms with Crippen LogP contribution < -0.4 is 15.0 Å². The molecule has 0 spiro atoms. The van der Waals surface area contributed by atoms with Gasteiger partial charge in [-0.15, -0.1) is 0 Å². The van der Waals surface area contributed by atoms with Crippen molar-refractivity contribution in [2.45, 2.75) is 0 Å². The van der Waals surface area contributed by atoms with Crippen LogP contribution in [-0.4, -0.2) is 37.4 Å². The molecule has 1 heterocycles. The first-order chi connectivity index (χ1) is 15.9. The maximum Gasteiger partial charge on any atom is 0.338 e. The van der Waals surface area contributed by atoms with Crippen molar-refractivity contribution in [3.05, 3.63) is 89.2 Å². The summed E-state index contributed by atoms with van der Waals surface area (Å²) in [7, 11) is 1.46. The highest BCUT2D eigenvalue weighted by Crippen LogP contribution is 2.29. The molecule has 1 aliphatic rings. The smallest absolute Gasteiger partial charge is 0.338 e. The van der Waals surface area contributed by atoms with Crippen molar-refractivity contribution in [2.75, 3.05) is 23.9 Å². The lowest BCUT2D eigenvalue weighted by Gasteiger charge is -2.13. The molecule has 33 heavy (non-hydrogen) atoms. The molecule has 8 nitrogen and oxygen atoms in total. The van der Waals surface area contributed by atoms with E-state index in [0.29, 0.717) is 11.4 Å². The molecule has 1 N–H and O–H groups in total. The summed E-state index contributed by atoms with van der Waals surface area (Å²) in [6, 6.07) is 15.6. The second-order valence-corrected chi connectivity index (χ2v) is 7.01. The molecule has 0 unspecified atom stereocenters. The number of anilines is 2. The van der Waals surface area contributed by atoms with Gasteiger partial charge in [-0.3, -0.25) is 14.4 Å². The topological polar surface area (TPSA) is 102 Å². The fourth-order valence-electron chi connectivity index (χ4n) is 3.34. The molecule has 166 valence electrons. The number of imide groups is 1. The molecular weight excluding hydrogens is 431 g/mol. The Morgan fingerprint density at radius 2 is 1.64 bits per heavy atom. The van der Waals surface area contributed by atoms with Crippen LogP contribution in [-0.2, 0) is 9.53 Å². The number of halogens is 1. The first-order valence-corrected chi connectivity index (χ1v) is 9.77. The number of hydrogen-bond acceptors (Lipinski definition) is 6. The Morgan fingerprint density at radius 3 is 2.36 bits per heavy atom. The van der Waals surface area contributed by atoms with E-state index in [2.05, 4.69) is 5.32 Å². The van der Waals surface area contributed by atoms with Gasteiger partial charge in [0, 0.05) is 0 Å². The molecule has 0 saturated heterocycles. The molecule has 1 aliphatic heterocycles. The normalized spacial score (nSPS) is 12.4. The lowest BCUT2D eigenvalue weighted by molar-refractivity contribution is -0.119. The number of ether oxygens (including phenoxy) is 2. The number of benzene rings is 3. The molecular formula is C24H17FN2O6. The van der Waals surface area contributed by atoms with Gasteiger partial charge in [0.2, 0.25) is 0 Å². The van der Waals surface area contributed by atoms with Gasteiger partial charge in [0.25, 0.3) is 17.7 Å². The predicted octanol–water partition coefficient (Wildman–Crippen LogP) is 3.43. The zero-order chi connectivity index (χ0) is 23.5. The number of methoxy groups -OCH3 is 1. The summed E-state index contributed by atoms with van der Waals surface area (Å²) in [6.07, 6.45) is 0. The van der Waals surface area contributed by atoms with Crippen molar-refractivity contribution < 1.29 is 33.0 Å². The number of fused-ring (bicyclic) bond motifs is 1. The first kappa shape index (κ1) is 21.7.